The first-order valence-electron chi connectivity index (χ1n) is 7.63. The molecule has 2 heterocycles. The van der Waals surface area contributed by atoms with Crippen LogP contribution in [0.15, 0.2) is 24.4 Å². The molecule has 1 aliphatic rings. The maximum atomic E-state index is 6.12. The largest absolute Gasteiger partial charge is 0.398 e. The maximum absolute atomic E-state index is 6.12. The molecule has 0 saturated carbocycles. The number of ether oxygens (including phenoxy) is 1. The van der Waals surface area contributed by atoms with Crippen LogP contribution in [0.25, 0.3) is 10.8 Å². The van der Waals surface area contributed by atoms with Crippen molar-refractivity contribution in [3.63, 3.8) is 0 Å². The number of morpholine rings is 1. The van der Waals surface area contributed by atoms with Crippen LogP contribution in [0.1, 0.15) is 26.0 Å². The van der Waals surface area contributed by atoms with Crippen molar-refractivity contribution in [2.75, 3.05) is 23.8 Å². The van der Waals surface area contributed by atoms with Crippen LogP contribution in [0, 0.1) is 6.92 Å². The summed E-state index contributed by atoms with van der Waals surface area (Å²) in [6, 6.07) is 6.68. The second kappa shape index (κ2) is 5.53. The summed E-state index contributed by atoms with van der Waals surface area (Å²) in [4.78, 5) is 6.85. The van der Waals surface area contributed by atoms with Gasteiger partial charge in [-0.15, -0.1) is 0 Å². The van der Waals surface area contributed by atoms with E-state index in [1.165, 1.54) is 11.1 Å². The van der Waals surface area contributed by atoms with Crippen molar-refractivity contribution in [3.8, 4) is 0 Å². The molecule has 1 aliphatic heterocycles. The molecule has 2 atom stereocenters. The topological polar surface area (TPSA) is 51.4 Å². The highest BCUT2D eigenvalue weighted by Crippen LogP contribution is 2.34. The Morgan fingerprint density at radius 1 is 1.38 bits per heavy atom. The number of nitrogen functional groups attached to an aromatic ring is 1. The SMILES string of the molecule is CCC1COC(C)CN1c1ccc(N)c2cnc(C)cc12. The lowest BCUT2D eigenvalue weighted by atomic mass is 10.0. The van der Waals surface area contributed by atoms with Gasteiger partial charge in [0.25, 0.3) is 0 Å². The summed E-state index contributed by atoms with van der Waals surface area (Å²) in [6.45, 7) is 8.06. The fourth-order valence-electron chi connectivity index (χ4n) is 3.08. The fourth-order valence-corrected chi connectivity index (χ4v) is 3.08. The average molecular weight is 285 g/mol. The predicted molar refractivity (Wildman–Crippen MR) is 87.7 cm³/mol. The highest BCUT2D eigenvalue weighted by atomic mass is 16.5. The van der Waals surface area contributed by atoms with Gasteiger partial charge in [-0.05, 0) is 38.5 Å². The Morgan fingerprint density at radius 3 is 2.95 bits per heavy atom. The second-order valence-electron chi connectivity index (χ2n) is 5.90. The number of aromatic nitrogens is 1. The fraction of sp³-hybridized carbons (Fsp3) is 0.471. The summed E-state index contributed by atoms with van der Waals surface area (Å²) < 4.78 is 5.81. The molecule has 1 aromatic carbocycles. The number of hydrogen-bond donors (Lipinski definition) is 1. The Morgan fingerprint density at radius 2 is 2.19 bits per heavy atom. The van der Waals surface area contributed by atoms with Crippen LogP contribution in [0.2, 0.25) is 0 Å². The van der Waals surface area contributed by atoms with Crippen molar-refractivity contribution in [1.29, 1.82) is 0 Å². The quantitative estimate of drug-likeness (QED) is 0.861. The number of hydrogen-bond acceptors (Lipinski definition) is 4. The Balaban J connectivity index is 2.14. The van der Waals surface area contributed by atoms with Gasteiger partial charge in [-0.3, -0.25) is 4.98 Å². The zero-order valence-electron chi connectivity index (χ0n) is 13.0. The summed E-state index contributed by atoms with van der Waals surface area (Å²) in [5, 5.41) is 2.22. The molecule has 1 fully saturated rings. The highest BCUT2D eigenvalue weighted by molar-refractivity contribution is 6.01. The Labute approximate surface area is 125 Å². The zero-order valence-corrected chi connectivity index (χ0v) is 13.0. The number of pyridine rings is 1. The lowest BCUT2D eigenvalue weighted by Gasteiger charge is -2.40. The van der Waals surface area contributed by atoms with Crippen LogP contribution in [0.3, 0.4) is 0 Å². The minimum absolute atomic E-state index is 0.253. The molecular formula is C17H23N3O. The lowest BCUT2D eigenvalue weighted by Crippen LogP contribution is -2.48. The van der Waals surface area contributed by atoms with Gasteiger partial charge in [-0.2, -0.15) is 0 Å². The van der Waals surface area contributed by atoms with Crippen LogP contribution in [0.4, 0.5) is 11.4 Å². The molecule has 2 aromatic rings. The first-order chi connectivity index (χ1) is 10.1. The summed E-state index contributed by atoms with van der Waals surface area (Å²) in [5.41, 5.74) is 9.16. The van der Waals surface area contributed by atoms with Crippen molar-refractivity contribution in [1.82, 2.24) is 4.98 Å². The summed E-state index contributed by atoms with van der Waals surface area (Å²) in [6.07, 6.45) is 3.21. The zero-order chi connectivity index (χ0) is 15.0. The van der Waals surface area contributed by atoms with Crippen molar-refractivity contribution in [3.05, 3.63) is 30.1 Å². The minimum Gasteiger partial charge on any atom is -0.398 e. The van der Waals surface area contributed by atoms with Gasteiger partial charge in [-0.1, -0.05) is 6.92 Å². The Kier molecular flexibility index (Phi) is 3.72. The Bertz CT molecular complexity index is 656. The van der Waals surface area contributed by atoms with Gasteiger partial charge in [0.05, 0.1) is 18.8 Å². The molecular weight excluding hydrogens is 262 g/mol. The number of aryl methyl sites for hydroxylation is 1. The number of nitrogens with zero attached hydrogens (tertiary/aromatic N) is 2. The Hall–Kier alpha value is -1.81. The van der Waals surface area contributed by atoms with Gasteiger partial charge in [0.2, 0.25) is 0 Å². The summed E-state index contributed by atoms with van der Waals surface area (Å²) >= 11 is 0. The van der Waals surface area contributed by atoms with E-state index in [4.69, 9.17) is 10.5 Å². The molecule has 3 rings (SSSR count). The third kappa shape index (κ3) is 2.56. The van der Waals surface area contributed by atoms with E-state index in [0.717, 1.165) is 36.3 Å². The molecule has 4 nitrogen and oxygen atoms in total. The van der Waals surface area contributed by atoms with Crippen LogP contribution >= 0.6 is 0 Å². The predicted octanol–water partition coefficient (Wildman–Crippen LogP) is 3.13. The molecule has 1 aromatic heterocycles. The average Bonchev–Trinajstić information content (AvgIpc) is 2.47. The first kappa shape index (κ1) is 14.1. The molecule has 1 saturated heterocycles. The minimum atomic E-state index is 0.253. The van der Waals surface area contributed by atoms with Crippen molar-refractivity contribution >= 4 is 22.1 Å². The van der Waals surface area contributed by atoms with Crippen molar-refractivity contribution in [2.45, 2.75) is 39.3 Å². The normalized spacial score (nSPS) is 22.7. The van der Waals surface area contributed by atoms with Gasteiger partial charge in [-0.25, -0.2) is 0 Å². The number of benzene rings is 1. The smallest absolute Gasteiger partial charge is 0.0723 e. The number of nitrogens with two attached hydrogens (primary N) is 1. The van der Waals surface area contributed by atoms with Gasteiger partial charge in [0, 0.05) is 40.6 Å². The van der Waals surface area contributed by atoms with Crippen LogP contribution in [0.5, 0.6) is 0 Å². The van der Waals surface area contributed by atoms with E-state index in [2.05, 4.69) is 35.9 Å². The molecule has 112 valence electrons. The van der Waals surface area contributed by atoms with E-state index in [9.17, 15) is 0 Å². The van der Waals surface area contributed by atoms with Gasteiger partial charge < -0.3 is 15.4 Å². The van der Waals surface area contributed by atoms with E-state index in [-0.39, 0.29) is 6.10 Å². The monoisotopic (exact) mass is 285 g/mol. The molecule has 4 heteroatoms. The lowest BCUT2D eigenvalue weighted by molar-refractivity contribution is 0.0301. The van der Waals surface area contributed by atoms with E-state index in [1.54, 1.807) is 0 Å². The molecule has 0 radical (unpaired) electrons. The van der Waals surface area contributed by atoms with Crippen molar-refractivity contribution in [2.24, 2.45) is 0 Å². The number of anilines is 2. The highest BCUT2D eigenvalue weighted by Gasteiger charge is 2.27. The molecule has 0 aliphatic carbocycles. The molecule has 0 spiro atoms. The van der Waals surface area contributed by atoms with Gasteiger partial charge >= 0.3 is 0 Å². The van der Waals surface area contributed by atoms with Gasteiger partial charge in [0.15, 0.2) is 0 Å². The van der Waals surface area contributed by atoms with Crippen molar-refractivity contribution < 1.29 is 4.74 Å². The molecule has 0 bridgehead atoms. The third-order valence-electron chi connectivity index (χ3n) is 4.30. The second-order valence-corrected chi connectivity index (χ2v) is 5.90. The molecule has 21 heavy (non-hydrogen) atoms. The van der Waals surface area contributed by atoms with Crippen LogP contribution in [-0.2, 0) is 4.74 Å². The van der Waals surface area contributed by atoms with E-state index in [0.29, 0.717) is 6.04 Å². The molecule has 2 N–H and O–H groups in total. The summed E-state index contributed by atoms with van der Waals surface area (Å²) in [5.74, 6) is 0. The van der Waals surface area contributed by atoms with E-state index < -0.39 is 0 Å². The third-order valence-corrected chi connectivity index (χ3v) is 4.30. The van der Waals surface area contributed by atoms with Crippen LogP contribution < -0.4 is 10.6 Å². The maximum Gasteiger partial charge on any atom is 0.0723 e. The van der Waals surface area contributed by atoms with E-state index >= 15 is 0 Å². The standard InChI is InChI=1S/C17H23N3O/c1-4-13-10-21-12(3)9-20(13)17-6-5-16(18)15-8-19-11(2)7-14(15)17/h5-8,12-13H,4,9-10,18H2,1-3H3. The van der Waals surface area contributed by atoms with Crippen LogP contribution in [-0.4, -0.2) is 30.3 Å². The molecule has 2 unspecified atom stereocenters. The first-order valence-corrected chi connectivity index (χ1v) is 7.63. The number of fused-ring (bicyclic) bond motifs is 1. The summed E-state index contributed by atoms with van der Waals surface area (Å²) in [7, 11) is 0. The number of rotatable bonds is 2. The van der Waals surface area contributed by atoms with E-state index in [1.807, 2.05) is 19.2 Å². The molecule has 0 amide bonds. The van der Waals surface area contributed by atoms with Gasteiger partial charge in [0.1, 0.15) is 0 Å².